The lowest BCUT2D eigenvalue weighted by atomic mass is 9.85. The summed E-state index contributed by atoms with van der Waals surface area (Å²) < 4.78 is 0.226. The lowest BCUT2D eigenvalue weighted by Gasteiger charge is -2.20. The Morgan fingerprint density at radius 3 is 2.32 bits per heavy atom. The Labute approximate surface area is 204 Å². The van der Waals surface area contributed by atoms with Gasteiger partial charge in [0, 0.05) is 36.3 Å². The van der Waals surface area contributed by atoms with E-state index in [4.69, 9.17) is 0 Å². The topological polar surface area (TPSA) is 73.8 Å². The summed E-state index contributed by atoms with van der Waals surface area (Å²) in [5.74, 6) is 1.05. The SMILES string of the molecule is CN=C(NCCN1C(=O)C2C3C=CC(C3)C2C1=O)NCC1(Sc2ccccc2)CC1.I. The Bertz CT molecular complexity index is 872. The summed E-state index contributed by atoms with van der Waals surface area (Å²) in [5, 5.41) is 6.70. The molecule has 3 aliphatic carbocycles. The first-order valence-corrected chi connectivity index (χ1v) is 11.6. The van der Waals surface area contributed by atoms with Crippen LogP contribution in [0.1, 0.15) is 19.3 Å². The number of halogens is 1. The standard InChI is InChI=1S/C23H28N4O2S.HI/c1-24-22(26-14-23(9-10-23)30-17-5-3-2-4-6-17)25-11-12-27-20(28)18-15-7-8-16(13-15)19(18)21(27)29;/h2-8,15-16,18-19H,9-14H2,1H3,(H2,24,25,26);1H. The van der Waals surface area contributed by atoms with E-state index >= 15 is 0 Å². The number of likely N-dealkylation sites (tertiary alicyclic amines) is 1. The minimum atomic E-state index is -0.116. The van der Waals surface area contributed by atoms with Crippen molar-refractivity contribution in [3.8, 4) is 0 Å². The van der Waals surface area contributed by atoms with Crippen LogP contribution in [0.2, 0.25) is 0 Å². The molecule has 5 rings (SSSR count). The number of amides is 2. The van der Waals surface area contributed by atoms with Gasteiger partial charge in [-0.05, 0) is 43.2 Å². The fourth-order valence-corrected chi connectivity index (χ4v) is 6.37. The predicted octanol–water partition coefficient (Wildman–Crippen LogP) is 2.90. The second-order valence-electron chi connectivity index (χ2n) is 8.78. The molecule has 0 aromatic heterocycles. The number of aliphatic imine (C=N–C) groups is 1. The number of rotatable bonds is 7. The van der Waals surface area contributed by atoms with Crippen LogP contribution in [0.4, 0.5) is 0 Å². The molecule has 2 bridgehead atoms. The Morgan fingerprint density at radius 2 is 1.74 bits per heavy atom. The molecular weight excluding hydrogens is 523 g/mol. The van der Waals surface area contributed by atoms with Crippen molar-refractivity contribution < 1.29 is 9.59 Å². The molecule has 6 nitrogen and oxygen atoms in total. The number of nitrogens with zero attached hydrogens (tertiary/aromatic N) is 2. The Hall–Kier alpha value is -1.55. The first kappa shape index (κ1) is 22.6. The van der Waals surface area contributed by atoms with Gasteiger partial charge in [-0.3, -0.25) is 19.5 Å². The minimum absolute atomic E-state index is 0. The number of hydrogen-bond acceptors (Lipinski definition) is 4. The van der Waals surface area contributed by atoms with E-state index in [-0.39, 0.29) is 64.2 Å². The molecule has 4 aliphatic rings. The molecule has 0 spiro atoms. The van der Waals surface area contributed by atoms with Gasteiger partial charge in [0.25, 0.3) is 0 Å². The molecule has 4 atom stereocenters. The lowest BCUT2D eigenvalue weighted by Crippen LogP contribution is -2.45. The fraction of sp³-hybridized carbons (Fsp3) is 0.522. The molecule has 0 radical (unpaired) electrons. The van der Waals surface area contributed by atoms with Gasteiger partial charge in [-0.25, -0.2) is 0 Å². The maximum Gasteiger partial charge on any atom is 0.233 e. The van der Waals surface area contributed by atoms with E-state index in [0.29, 0.717) is 13.1 Å². The fourth-order valence-electron chi connectivity index (χ4n) is 5.13. The summed E-state index contributed by atoms with van der Waals surface area (Å²) in [7, 11) is 1.75. The average Bonchev–Trinajstić information content (AvgIpc) is 3.10. The summed E-state index contributed by atoms with van der Waals surface area (Å²) in [6.45, 7) is 1.75. The number of nitrogens with one attached hydrogen (secondary N) is 2. The molecule has 2 saturated carbocycles. The highest BCUT2D eigenvalue weighted by Gasteiger charge is 2.58. The zero-order valence-corrected chi connectivity index (χ0v) is 20.8. The van der Waals surface area contributed by atoms with E-state index in [1.54, 1.807) is 7.05 Å². The second-order valence-corrected chi connectivity index (χ2v) is 10.3. The van der Waals surface area contributed by atoms with E-state index < -0.39 is 0 Å². The molecule has 1 heterocycles. The molecular formula is C23H29IN4O2S. The summed E-state index contributed by atoms with van der Waals surface area (Å²) in [6, 6.07) is 10.5. The molecule has 1 aromatic rings. The van der Waals surface area contributed by atoms with Gasteiger partial charge >= 0.3 is 0 Å². The highest BCUT2D eigenvalue weighted by molar-refractivity contribution is 14.0. The van der Waals surface area contributed by atoms with Crippen LogP contribution >= 0.6 is 35.7 Å². The third-order valence-corrected chi connectivity index (χ3v) is 8.37. The van der Waals surface area contributed by atoms with Crippen LogP contribution in [-0.2, 0) is 9.59 Å². The van der Waals surface area contributed by atoms with Gasteiger partial charge in [-0.2, -0.15) is 0 Å². The van der Waals surface area contributed by atoms with Crippen LogP contribution < -0.4 is 10.6 Å². The van der Waals surface area contributed by atoms with E-state index in [1.165, 1.54) is 22.6 Å². The summed E-state index contributed by atoms with van der Waals surface area (Å²) >= 11 is 1.92. The van der Waals surface area contributed by atoms with Crippen molar-refractivity contribution in [2.24, 2.45) is 28.7 Å². The first-order chi connectivity index (χ1) is 14.6. The molecule has 3 fully saturated rings. The van der Waals surface area contributed by atoms with Crippen molar-refractivity contribution >= 4 is 53.5 Å². The first-order valence-electron chi connectivity index (χ1n) is 10.8. The molecule has 2 amide bonds. The monoisotopic (exact) mass is 552 g/mol. The zero-order valence-electron chi connectivity index (χ0n) is 17.6. The van der Waals surface area contributed by atoms with Crippen molar-refractivity contribution in [1.82, 2.24) is 15.5 Å². The summed E-state index contributed by atoms with van der Waals surface area (Å²) in [6.07, 6.45) is 7.61. The van der Waals surface area contributed by atoms with Crippen LogP contribution in [0.5, 0.6) is 0 Å². The predicted molar refractivity (Wildman–Crippen MR) is 133 cm³/mol. The number of hydrogen-bond donors (Lipinski definition) is 2. The second kappa shape index (κ2) is 9.13. The highest BCUT2D eigenvalue weighted by atomic mass is 127. The van der Waals surface area contributed by atoms with Crippen molar-refractivity contribution in [3.63, 3.8) is 0 Å². The number of carbonyl (C=O) groups is 2. The third kappa shape index (κ3) is 4.37. The smallest absolute Gasteiger partial charge is 0.233 e. The highest BCUT2D eigenvalue weighted by Crippen LogP contribution is 2.52. The number of fused-ring (bicyclic) bond motifs is 5. The van der Waals surface area contributed by atoms with E-state index in [9.17, 15) is 9.59 Å². The molecule has 1 saturated heterocycles. The number of guanidine groups is 1. The quantitative estimate of drug-likeness (QED) is 0.179. The Kier molecular flexibility index (Phi) is 6.67. The van der Waals surface area contributed by atoms with Gasteiger partial charge < -0.3 is 10.6 Å². The molecule has 2 N–H and O–H groups in total. The summed E-state index contributed by atoms with van der Waals surface area (Å²) in [4.78, 5) is 32.6. The Balaban J connectivity index is 0.00000231. The van der Waals surface area contributed by atoms with Gasteiger partial charge in [-0.15, -0.1) is 35.7 Å². The van der Waals surface area contributed by atoms with Gasteiger partial charge in [-0.1, -0.05) is 30.4 Å². The van der Waals surface area contributed by atoms with Crippen LogP contribution in [0, 0.1) is 23.7 Å². The van der Waals surface area contributed by atoms with E-state index in [1.807, 2.05) is 17.8 Å². The van der Waals surface area contributed by atoms with Gasteiger partial charge in [0.2, 0.25) is 11.8 Å². The summed E-state index contributed by atoms with van der Waals surface area (Å²) in [5.41, 5.74) is 0. The van der Waals surface area contributed by atoms with Crippen molar-refractivity contribution in [2.45, 2.75) is 28.9 Å². The van der Waals surface area contributed by atoms with Crippen LogP contribution in [0.15, 0.2) is 52.4 Å². The minimum Gasteiger partial charge on any atom is -0.355 e. The third-order valence-electron chi connectivity index (χ3n) is 6.88. The maximum absolute atomic E-state index is 12.8. The molecule has 8 heteroatoms. The van der Waals surface area contributed by atoms with Crippen LogP contribution in [0.3, 0.4) is 0 Å². The van der Waals surface area contributed by atoms with Crippen molar-refractivity contribution in [2.75, 3.05) is 26.7 Å². The maximum atomic E-state index is 12.8. The molecule has 1 aromatic carbocycles. The van der Waals surface area contributed by atoms with E-state index in [2.05, 4.69) is 52.0 Å². The lowest BCUT2D eigenvalue weighted by molar-refractivity contribution is -0.140. The Morgan fingerprint density at radius 1 is 1.10 bits per heavy atom. The molecule has 31 heavy (non-hydrogen) atoms. The van der Waals surface area contributed by atoms with Gasteiger partial charge in [0.1, 0.15) is 0 Å². The van der Waals surface area contributed by atoms with Gasteiger partial charge in [0.15, 0.2) is 5.96 Å². The van der Waals surface area contributed by atoms with Gasteiger partial charge in [0.05, 0.1) is 11.8 Å². The largest absolute Gasteiger partial charge is 0.355 e. The molecule has 1 aliphatic heterocycles. The zero-order chi connectivity index (χ0) is 20.7. The number of benzene rings is 1. The van der Waals surface area contributed by atoms with Crippen molar-refractivity contribution in [3.05, 3.63) is 42.5 Å². The number of allylic oxidation sites excluding steroid dienone is 2. The van der Waals surface area contributed by atoms with Crippen LogP contribution in [0.25, 0.3) is 0 Å². The number of thioether (sulfide) groups is 1. The van der Waals surface area contributed by atoms with E-state index in [0.717, 1.165) is 18.9 Å². The molecule has 166 valence electrons. The number of imide groups is 1. The normalized spacial score (nSPS) is 29.7. The average molecular weight is 552 g/mol. The van der Waals surface area contributed by atoms with Crippen LogP contribution in [-0.4, -0.2) is 54.1 Å². The van der Waals surface area contributed by atoms with Crippen molar-refractivity contribution in [1.29, 1.82) is 0 Å². The molecule has 4 unspecified atom stereocenters. The number of carbonyl (C=O) groups excluding carboxylic acids is 2.